The van der Waals surface area contributed by atoms with Crippen LogP contribution in [0.4, 0.5) is 4.79 Å². The van der Waals surface area contributed by atoms with Crippen LogP contribution in [0.15, 0.2) is 0 Å². The van der Waals surface area contributed by atoms with Crippen molar-refractivity contribution < 1.29 is 14.3 Å². The number of hydrogen-bond donors (Lipinski definition) is 1. The second-order valence-electron chi connectivity index (χ2n) is 6.15. The van der Waals surface area contributed by atoms with Crippen LogP contribution in [0.1, 0.15) is 51.4 Å². The normalized spacial score (nSPS) is 29.6. The van der Waals surface area contributed by atoms with Crippen LogP contribution in [0.2, 0.25) is 0 Å². The van der Waals surface area contributed by atoms with Gasteiger partial charge in [0.05, 0.1) is 19.3 Å². The topological polar surface area (TPSA) is 50.8 Å². The first kappa shape index (κ1) is 14.1. The van der Waals surface area contributed by atoms with Gasteiger partial charge in [0.1, 0.15) is 0 Å². The van der Waals surface area contributed by atoms with Crippen molar-refractivity contribution in [2.75, 3.05) is 19.8 Å². The Morgan fingerprint density at radius 3 is 2.40 bits per heavy atom. The number of urea groups is 1. The number of carbonyl (C=O) groups excluding carboxylic acids is 1. The molecule has 0 aromatic carbocycles. The summed E-state index contributed by atoms with van der Waals surface area (Å²) in [4.78, 5) is 14.5. The van der Waals surface area contributed by atoms with Crippen LogP contribution < -0.4 is 5.32 Å². The van der Waals surface area contributed by atoms with Gasteiger partial charge in [-0.1, -0.05) is 19.3 Å². The van der Waals surface area contributed by atoms with E-state index in [0.717, 1.165) is 38.6 Å². The van der Waals surface area contributed by atoms with E-state index in [9.17, 15) is 4.79 Å². The van der Waals surface area contributed by atoms with Gasteiger partial charge in [-0.15, -0.1) is 0 Å². The summed E-state index contributed by atoms with van der Waals surface area (Å²) in [6.45, 7) is 2.13. The summed E-state index contributed by atoms with van der Waals surface area (Å²) in [7, 11) is 0. The monoisotopic (exact) mass is 282 g/mol. The molecule has 2 amide bonds. The third-order valence-electron chi connectivity index (χ3n) is 4.70. The van der Waals surface area contributed by atoms with Crippen molar-refractivity contribution >= 4 is 6.03 Å². The van der Waals surface area contributed by atoms with Crippen molar-refractivity contribution in [3.63, 3.8) is 0 Å². The van der Waals surface area contributed by atoms with Crippen molar-refractivity contribution in [1.82, 2.24) is 10.2 Å². The Morgan fingerprint density at radius 1 is 0.950 bits per heavy atom. The van der Waals surface area contributed by atoms with Crippen LogP contribution in [0, 0.1) is 0 Å². The largest absolute Gasteiger partial charge is 0.348 e. The minimum absolute atomic E-state index is 0.0840. The summed E-state index contributed by atoms with van der Waals surface area (Å²) < 4.78 is 11.2. The van der Waals surface area contributed by atoms with E-state index in [0.29, 0.717) is 19.3 Å². The SMILES string of the molecule is O=C(NC1CCCCC1)N1CCCCC1C1OCCO1. The number of hydrogen-bond acceptors (Lipinski definition) is 3. The zero-order valence-corrected chi connectivity index (χ0v) is 12.2. The smallest absolute Gasteiger partial charge is 0.318 e. The fourth-order valence-electron chi connectivity index (χ4n) is 3.60. The maximum Gasteiger partial charge on any atom is 0.318 e. The minimum atomic E-state index is -0.215. The van der Waals surface area contributed by atoms with Gasteiger partial charge in [0.15, 0.2) is 6.29 Å². The number of nitrogens with one attached hydrogen (secondary N) is 1. The predicted molar refractivity (Wildman–Crippen MR) is 75.4 cm³/mol. The van der Waals surface area contributed by atoms with E-state index < -0.39 is 0 Å². The van der Waals surface area contributed by atoms with E-state index >= 15 is 0 Å². The van der Waals surface area contributed by atoms with Gasteiger partial charge in [-0.3, -0.25) is 0 Å². The highest BCUT2D eigenvalue weighted by molar-refractivity contribution is 5.75. The van der Waals surface area contributed by atoms with Gasteiger partial charge in [-0.2, -0.15) is 0 Å². The molecule has 0 radical (unpaired) electrons. The van der Waals surface area contributed by atoms with Crippen LogP contribution in [-0.2, 0) is 9.47 Å². The fourth-order valence-corrected chi connectivity index (χ4v) is 3.60. The molecule has 1 unspecified atom stereocenters. The van der Waals surface area contributed by atoms with Gasteiger partial charge < -0.3 is 19.7 Å². The first-order valence-corrected chi connectivity index (χ1v) is 8.15. The standard InChI is InChI=1S/C15H26N2O3/c18-15(16-12-6-2-1-3-7-12)17-9-5-4-8-13(17)14-19-10-11-20-14/h12-14H,1-11H2,(H,16,18). The highest BCUT2D eigenvalue weighted by Crippen LogP contribution is 2.25. The Bertz CT molecular complexity index is 325. The summed E-state index contributed by atoms with van der Waals surface area (Å²) >= 11 is 0. The Hall–Kier alpha value is -0.810. The van der Waals surface area contributed by atoms with E-state index in [-0.39, 0.29) is 18.4 Å². The highest BCUT2D eigenvalue weighted by atomic mass is 16.7. The van der Waals surface area contributed by atoms with Gasteiger partial charge >= 0.3 is 6.03 Å². The average Bonchev–Trinajstić information content (AvgIpc) is 3.02. The number of likely N-dealkylation sites (tertiary alicyclic amines) is 1. The molecule has 5 nitrogen and oxygen atoms in total. The lowest BCUT2D eigenvalue weighted by atomic mass is 9.95. The quantitative estimate of drug-likeness (QED) is 0.845. The van der Waals surface area contributed by atoms with Gasteiger partial charge in [0.2, 0.25) is 0 Å². The molecule has 20 heavy (non-hydrogen) atoms. The maximum absolute atomic E-state index is 12.5. The number of amides is 2. The third kappa shape index (κ3) is 3.26. The highest BCUT2D eigenvalue weighted by Gasteiger charge is 2.36. The number of carbonyl (C=O) groups is 1. The van der Waals surface area contributed by atoms with Crippen LogP contribution in [-0.4, -0.2) is 49.1 Å². The van der Waals surface area contributed by atoms with E-state index in [1.807, 2.05) is 4.90 Å². The van der Waals surface area contributed by atoms with Crippen molar-refractivity contribution in [3.05, 3.63) is 0 Å². The Balaban J connectivity index is 1.58. The minimum Gasteiger partial charge on any atom is -0.348 e. The van der Waals surface area contributed by atoms with Crippen molar-refractivity contribution in [2.45, 2.75) is 69.7 Å². The van der Waals surface area contributed by atoms with Crippen LogP contribution in [0.25, 0.3) is 0 Å². The van der Waals surface area contributed by atoms with Gasteiger partial charge in [0.25, 0.3) is 0 Å². The maximum atomic E-state index is 12.5. The Labute approximate surface area is 121 Å². The molecule has 5 heteroatoms. The molecule has 3 aliphatic rings. The molecule has 3 rings (SSSR count). The molecule has 2 heterocycles. The first-order chi connectivity index (χ1) is 9.84. The predicted octanol–water partition coefficient (Wildman–Crippen LogP) is 2.26. The summed E-state index contributed by atoms with van der Waals surface area (Å²) in [6.07, 6.45) is 9.05. The molecule has 1 atom stereocenters. The third-order valence-corrected chi connectivity index (χ3v) is 4.70. The van der Waals surface area contributed by atoms with Crippen LogP contribution >= 0.6 is 0 Å². The van der Waals surface area contributed by atoms with Crippen LogP contribution in [0.5, 0.6) is 0 Å². The number of piperidine rings is 1. The van der Waals surface area contributed by atoms with Gasteiger partial charge in [-0.25, -0.2) is 4.79 Å². The molecular formula is C15H26N2O3. The zero-order chi connectivity index (χ0) is 13.8. The van der Waals surface area contributed by atoms with E-state index in [4.69, 9.17) is 9.47 Å². The zero-order valence-electron chi connectivity index (χ0n) is 12.2. The summed E-state index contributed by atoms with van der Waals surface area (Å²) in [6, 6.07) is 0.541. The molecule has 114 valence electrons. The lowest BCUT2D eigenvalue weighted by Crippen LogP contribution is -2.55. The van der Waals surface area contributed by atoms with E-state index in [1.165, 1.54) is 19.3 Å². The Morgan fingerprint density at radius 2 is 1.65 bits per heavy atom. The number of rotatable bonds is 2. The van der Waals surface area contributed by atoms with Crippen LogP contribution in [0.3, 0.4) is 0 Å². The summed E-state index contributed by atoms with van der Waals surface area (Å²) in [5.41, 5.74) is 0. The first-order valence-electron chi connectivity index (χ1n) is 8.15. The Kier molecular flexibility index (Phi) is 4.78. The lowest BCUT2D eigenvalue weighted by molar-refractivity contribution is -0.0985. The average molecular weight is 282 g/mol. The molecule has 3 fully saturated rings. The lowest BCUT2D eigenvalue weighted by Gasteiger charge is -2.39. The number of ether oxygens (including phenoxy) is 2. The second kappa shape index (κ2) is 6.76. The molecule has 1 saturated carbocycles. The molecule has 0 bridgehead atoms. The second-order valence-corrected chi connectivity index (χ2v) is 6.15. The van der Waals surface area contributed by atoms with Crippen molar-refractivity contribution in [1.29, 1.82) is 0 Å². The van der Waals surface area contributed by atoms with Gasteiger partial charge in [0, 0.05) is 12.6 Å². The van der Waals surface area contributed by atoms with Gasteiger partial charge in [-0.05, 0) is 32.1 Å². The van der Waals surface area contributed by atoms with E-state index in [1.54, 1.807) is 0 Å². The molecule has 0 aromatic rings. The molecular weight excluding hydrogens is 256 g/mol. The number of nitrogens with zero attached hydrogens (tertiary/aromatic N) is 1. The fraction of sp³-hybridized carbons (Fsp3) is 0.933. The van der Waals surface area contributed by atoms with Crippen molar-refractivity contribution in [3.8, 4) is 0 Å². The molecule has 1 aliphatic carbocycles. The molecule has 2 aliphatic heterocycles. The molecule has 2 saturated heterocycles. The van der Waals surface area contributed by atoms with E-state index in [2.05, 4.69) is 5.32 Å². The summed E-state index contributed by atoms with van der Waals surface area (Å²) in [5.74, 6) is 0. The molecule has 1 N–H and O–H groups in total. The summed E-state index contributed by atoms with van der Waals surface area (Å²) in [5, 5.41) is 3.22. The molecule has 0 spiro atoms. The molecule has 0 aromatic heterocycles. The van der Waals surface area contributed by atoms with Crippen molar-refractivity contribution in [2.24, 2.45) is 0 Å².